The van der Waals surface area contributed by atoms with E-state index in [0.29, 0.717) is 35.5 Å². The molecule has 0 fully saturated rings. The van der Waals surface area contributed by atoms with Gasteiger partial charge in [-0.2, -0.15) is 0 Å². The highest BCUT2D eigenvalue weighted by molar-refractivity contribution is 5.91. The highest BCUT2D eigenvalue weighted by Gasteiger charge is 2.16. The zero-order chi connectivity index (χ0) is 32.7. The van der Waals surface area contributed by atoms with E-state index in [1.807, 2.05) is 6.08 Å². The van der Waals surface area contributed by atoms with E-state index in [9.17, 15) is 19.2 Å². The van der Waals surface area contributed by atoms with Crippen LogP contribution in [0.1, 0.15) is 101 Å². The molecule has 0 aromatic heterocycles. The summed E-state index contributed by atoms with van der Waals surface area (Å²) in [4.78, 5) is 48.2. The second-order valence-electron chi connectivity index (χ2n) is 10.9. The Morgan fingerprint density at radius 3 is 2.02 bits per heavy atom. The van der Waals surface area contributed by atoms with Gasteiger partial charge < -0.3 is 30.4 Å². The molecule has 1 atom stereocenters. The number of hydrogen-bond acceptors (Lipinski definition) is 10. The maximum Gasteiger partial charge on any atom is 0.349 e. The number of rotatable bonds is 22. The van der Waals surface area contributed by atoms with Crippen molar-refractivity contribution in [2.45, 2.75) is 96.5 Å². The van der Waals surface area contributed by atoms with Gasteiger partial charge in [0.15, 0.2) is 13.2 Å². The van der Waals surface area contributed by atoms with Crippen molar-refractivity contribution in [3.8, 4) is 5.75 Å². The van der Waals surface area contributed by atoms with Crippen molar-refractivity contribution in [1.29, 1.82) is 0 Å². The SMILES string of the molecule is CCCCCC[C@H](C/C=C\CCCCCCCC(=O)OCC(=O)Oc1ccc(N)cc1)OC(=O)COC(=O)c1ccc(N)cc1. The highest BCUT2D eigenvalue weighted by atomic mass is 16.6. The average Bonchev–Trinajstić information content (AvgIpc) is 3.03. The number of unbranched alkanes of at least 4 members (excludes halogenated alkanes) is 8. The first kappa shape index (κ1) is 36.8. The Morgan fingerprint density at radius 1 is 0.689 bits per heavy atom. The molecule has 2 aromatic carbocycles. The molecule has 0 amide bonds. The number of carbonyl (C=O) groups excluding carboxylic acids is 4. The van der Waals surface area contributed by atoms with Crippen LogP contribution in [-0.4, -0.2) is 43.2 Å². The molecule has 246 valence electrons. The average molecular weight is 625 g/mol. The number of hydrogen-bond donors (Lipinski definition) is 2. The fraction of sp³-hybridized carbons (Fsp3) is 0.486. The minimum Gasteiger partial charge on any atom is -0.460 e. The molecule has 0 aliphatic rings. The van der Waals surface area contributed by atoms with Crippen LogP contribution in [0.4, 0.5) is 11.4 Å². The minimum absolute atomic E-state index is 0.258. The van der Waals surface area contributed by atoms with Gasteiger partial charge in [0.25, 0.3) is 0 Å². The topological polar surface area (TPSA) is 157 Å². The number of nitrogen functional groups attached to an aromatic ring is 2. The van der Waals surface area contributed by atoms with Crippen LogP contribution in [0.15, 0.2) is 60.7 Å². The molecule has 0 saturated heterocycles. The molecule has 0 unspecified atom stereocenters. The van der Waals surface area contributed by atoms with Gasteiger partial charge in [-0.15, -0.1) is 0 Å². The van der Waals surface area contributed by atoms with E-state index in [0.717, 1.165) is 64.2 Å². The third kappa shape index (κ3) is 17.5. The molecular formula is C35H48N2O8. The van der Waals surface area contributed by atoms with E-state index in [2.05, 4.69) is 13.0 Å². The second-order valence-corrected chi connectivity index (χ2v) is 10.9. The number of benzene rings is 2. The van der Waals surface area contributed by atoms with Crippen LogP contribution in [-0.2, 0) is 28.6 Å². The van der Waals surface area contributed by atoms with Gasteiger partial charge in [-0.3, -0.25) is 4.79 Å². The fourth-order valence-electron chi connectivity index (χ4n) is 4.41. The molecule has 2 rings (SSSR count). The van der Waals surface area contributed by atoms with Gasteiger partial charge in [-0.1, -0.05) is 57.6 Å². The lowest BCUT2D eigenvalue weighted by molar-refractivity contribution is -0.153. The van der Waals surface area contributed by atoms with Crippen LogP contribution >= 0.6 is 0 Å². The lowest BCUT2D eigenvalue weighted by Crippen LogP contribution is -2.23. The van der Waals surface area contributed by atoms with Gasteiger partial charge in [0.05, 0.1) is 5.56 Å². The normalized spacial score (nSPS) is 11.6. The summed E-state index contributed by atoms with van der Waals surface area (Å²) in [5, 5.41) is 0. The first-order valence-corrected chi connectivity index (χ1v) is 15.9. The third-order valence-corrected chi connectivity index (χ3v) is 6.93. The number of carbonyl (C=O) groups is 4. The number of esters is 4. The molecular weight excluding hydrogens is 576 g/mol. The second kappa shape index (κ2) is 22.2. The summed E-state index contributed by atoms with van der Waals surface area (Å²) in [6, 6.07) is 12.7. The first-order chi connectivity index (χ1) is 21.8. The molecule has 0 bridgehead atoms. The lowest BCUT2D eigenvalue weighted by Gasteiger charge is -2.16. The van der Waals surface area contributed by atoms with Crippen molar-refractivity contribution in [2.75, 3.05) is 24.7 Å². The molecule has 10 heteroatoms. The van der Waals surface area contributed by atoms with Crippen molar-refractivity contribution < 1.29 is 38.1 Å². The number of allylic oxidation sites excluding steroid dienone is 1. The zero-order valence-corrected chi connectivity index (χ0v) is 26.4. The van der Waals surface area contributed by atoms with Crippen LogP contribution in [0.5, 0.6) is 5.75 Å². The van der Waals surface area contributed by atoms with E-state index in [-0.39, 0.29) is 12.5 Å². The molecule has 0 heterocycles. The van der Waals surface area contributed by atoms with Gasteiger partial charge in [0, 0.05) is 24.2 Å². The lowest BCUT2D eigenvalue weighted by atomic mass is 10.1. The summed E-state index contributed by atoms with van der Waals surface area (Å²) in [7, 11) is 0. The minimum atomic E-state index is -0.641. The van der Waals surface area contributed by atoms with E-state index in [1.54, 1.807) is 48.5 Å². The highest BCUT2D eigenvalue weighted by Crippen LogP contribution is 2.15. The first-order valence-electron chi connectivity index (χ1n) is 15.9. The summed E-state index contributed by atoms with van der Waals surface area (Å²) in [6.45, 7) is 1.29. The predicted octanol–water partition coefficient (Wildman–Crippen LogP) is 6.72. The Hall–Kier alpha value is -4.34. The molecule has 0 aliphatic heterocycles. The maximum atomic E-state index is 12.4. The fourth-order valence-corrected chi connectivity index (χ4v) is 4.41. The van der Waals surface area contributed by atoms with Crippen LogP contribution in [0.3, 0.4) is 0 Å². The van der Waals surface area contributed by atoms with Gasteiger partial charge >= 0.3 is 23.9 Å². The number of ether oxygens (including phenoxy) is 4. The van der Waals surface area contributed by atoms with E-state index in [1.165, 1.54) is 0 Å². The Kier molecular flexibility index (Phi) is 18.2. The molecule has 0 saturated carbocycles. The van der Waals surface area contributed by atoms with Gasteiger partial charge in [0.1, 0.15) is 11.9 Å². The molecule has 0 spiro atoms. The van der Waals surface area contributed by atoms with Gasteiger partial charge in [-0.25, -0.2) is 14.4 Å². The van der Waals surface area contributed by atoms with Crippen molar-refractivity contribution in [1.82, 2.24) is 0 Å². The Bertz CT molecular complexity index is 1200. The van der Waals surface area contributed by atoms with Crippen LogP contribution < -0.4 is 16.2 Å². The molecule has 10 nitrogen and oxygen atoms in total. The number of nitrogens with two attached hydrogens (primary N) is 2. The zero-order valence-electron chi connectivity index (χ0n) is 26.4. The van der Waals surface area contributed by atoms with Gasteiger partial charge in [0.2, 0.25) is 0 Å². The third-order valence-electron chi connectivity index (χ3n) is 6.93. The van der Waals surface area contributed by atoms with E-state index >= 15 is 0 Å². The van der Waals surface area contributed by atoms with Crippen molar-refractivity contribution in [2.24, 2.45) is 0 Å². The number of anilines is 2. The van der Waals surface area contributed by atoms with Crippen molar-refractivity contribution in [3.63, 3.8) is 0 Å². The summed E-state index contributed by atoms with van der Waals surface area (Å²) in [6.07, 6.45) is 15.4. The summed E-state index contributed by atoms with van der Waals surface area (Å²) < 4.78 is 20.8. The van der Waals surface area contributed by atoms with Crippen molar-refractivity contribution in [3.05, 3.63) is 66.2 Å². The summed E-state index contributed by atoms with van der Waals surface area (Å²) >= 11 is 0. The largest absolute Gasteiger partial charge is 0.460 e. The monoisotopic (exact) mass is 624 g/mol. The Morgan fingerprint density at radius 2 is 1.31 bits per heavy atom. The molecule has 0 aliphatic carbocycles. The molecule has 0 radical (unpaired) electrons. The van der Waals surface area contributed by atoms with Crippen LogP contribution in [0.2, 0.25) is 0 Å². The summed E-state index contributed by atoms with van der Waals surface area (Å²) in [5.74, 6) is -1.87. The molecule has 4 N–H and O–H groups in total. The molecule has 45 heavy (non-hydrogen) atoms. The molecule has 2 aromatic rings. The van der Waals surface area contributed by atoms with E-state index in [4.69, 9.17) is 30.4 Å². The van der Waals surface area contributed by atoms with E-state index < -0.39 is 37.1 Å². The van der Waals surface area contributed by atoms with Crippen molar-refractivity contribution >= 4 is 35.3 Å². The van der Waals surface area contributed by atoms with Crippen LogP contribution in [0, 0.1) is 0 Å². The predicted molar refractivity (Wildman–Crippen MR) is 173 cm³/mol. The standard InChI is InChI=1S/C35H48N2O8/c1-2-3-4-11-14-30(44-34(40)26-43-35(41)27-17-19-28(36)20-18-27)15-12-9-7-5-6-8-10-13-16-32(38)42-25-33(39)45-31-23-21-29(37)22-24-31/h9,12,17-24,30H,2-8,10-11,13-16,25-26,36-37H2,1H3/b12-9-/t30-/m1/s1. The van der Waals surface area contributed by atoms with Crippen LogP contribution in [0.25, 0.3) is 0 Å². The Balaban J connectivity index is 1.56. The Labute approximate surface area is 266 Å². The quantitative estimate of drug-likeness (QED) is 0.0360. The van der Waals surface area contributed by atoms with Gasteiger partial charge in [-0.05, 0) is 80.6 Å². The summed E-state index contributed by atoms with van der Waals surface area (Å²) in [5.41, 5.74) is 12.7. The maximum absolute atomic E-state index is 12.4. The smallest absolute Gasteiger partial charge is 0.349 e.